The summed E-state index contributed by atoms with van der Waals surface area (Å²) in [6.45, 7) is 3.16. The van der Waals surface area contributed by atoms with Crippen LogP contribution in [0, 0.1) is 0 Å². The van der Waals surface area contributed by atoms with Crippen LogP contribution in [0.15, 0.2) is 53.4 Å². The van der Waals surface area contributed by atoms with E-state index in [4.69, 9.17) is 14.9 Å². The number of fused-ring (bicyclic) bond motifs is 2. The van der Waals surface area contributed by atoms with Gasteiger partial charge in [0.25, 0.3) is 5.91 Å². The molecule has 10 heteroatoms. The number of para-hydroxylation sites is 1. The van der Waals surface area contributed by atoms with E-state index in [1.807, 2.05) is 31.3 Å². The molecule has 0 radical (unpaired) electrons. The summed E-state index contributed by atoms with van der Waals surface area (Å²) >= 11 is 0. The van der Waals surface area contributed by atoms with Gasteiger partial charge < -0.3 is 15.0 Å². The molecule has 1 aliphatic rings. The van der Waals surface area contributed by atoms with Crippen molar-refractivity contribution in [2.75, 3.05) is 18.9 Å². The van der Waals surface area contributed by atoms with Gasteiger partial charge in [-0.2, -0.15) is 0 Å². The Balaban J connectivity index is 1.59. The van der Waals surface area contributed by atoms with E-state index in [9.17, 15) is 18.0 Å². The van der Waals surface area contributed by atoms with Gasteiger partial charge in [-0.25, -0.2) is 18.4 Å². The monoisotopic (exact) mass is 482 g/mol. The lowest BCUT2D eigenvalue weighted by atomic mass is 9.96. The first-order valence-corrected chi connectivity index (χ1v) is 12.5. The van der Waals surface area contributed by atoms with E-state index in [1.165, 1.54) is 24.3 Å². The lowest BCUT2D eigenvalue weighted by Crippen LogP contribution is -2.34. The van der Waals surface area contributed by atoms with Gasteiger partial charge in [0.15, 0.2) is 6.10 Å². The average Bonchev–Trinajstić information content (AvgIpc) is 2.80. The van der Waals surface area contributed by atoms with Crippen LogP contribution in [-0.4, -0.2) is 49.9 Å². The van der Waals surface area contributed by atoms with Gasteiger partial charge in [0.1, 0.15) is 0 Å². The minimum atomic E-state index is -3.84. The van der Waals surface area contributed by atoms with Crippen molar-refractivity contribution in [3.05, 3.63) is 65.4 Å². The van der Waals surface area contributed by atoms with Crippen molar-refractivity contribution in [2.24, 2.45) is 5.14 Å². The first-order valence-electron chi connectivity index (χ1n) is 10.9. The Labute approximate surface area is 198 Å². The highest BCUT2D eigenvalue weighted by atomic mass is 32.2. The summed E-state index contributed by atoms with van der Waals surface area (Å²) in [6.07, 6.45) is -0.0458. The number of carbonyl (C=O) groups is 2. The highest BCUT2D eigenvalue weighted by molar-refractivity contribution is 7.89. The Bertz CT molecular complexity index is 1360. The molecule has 0 bridgehead atoms. The number of hydrogen-bond donors (Lipinski definition) is 2. The molecule has 0 aliphatic carbocycles. The second-order valence-corrected chi connectivity index (χ2v) is 9.84. The quantitative estimate of drug-likeness (QED) is 0.516. The third kappa shape index (κ3) is 4.93. The second kappa shape index (κ2) is 9.49. The molecule has 0 fully saturated rings. The van der Waals surface area contributed by atoms with Crippen LogP contribution in [-0.2, 0) is 32.5 Å². The molecule has 2 aromatic carbocycles. The zero-order valence-corrected chi connectivity index (χ0v) is 19.8. The van der Waals surface area contributed by atoms with Gasteiger partial charge in [0.05, 0.1) is 16.0 Å². The predicted octanol–water partition coefficient (Wildman–Crippen LogP) is 2.44. The van der Waals surface area contributed by atoms with Crippen molar-refractivity contribution >= 4 is 38.5 Å². The van der Waals surface area contributed by atoms with E-state index in [2.05, 4.69) is 10.2 Å². The van der Waals surface area contributed by atoms with Crippen LogP contribution in [0.25, 0.3) is 10.9 Å². The molecule has 2 heterocycles. The predicted molar refractivity (Wildman–Crippen MR) is 128 cm³/mol. The number of nitrogens with zero attached hydrogens (tertiary/aromatic N) is 2. The molecule has 1 aliphatic heterocycles. The maximum absolute atomic E-state index is 13.4. The summed E-state index contributed by atoms with van der Waals surface area (Å²) in [7, 11) is -1.85. The molecule has 1 atom stereocenters. The van der Waals surface area contributed by atoms with Crippen molar-refractivity contribution < 1.29 is 22.7 Å². The average molecular weight is 483 g/mol. The molecule has 3 N–H and O–H groups in total. The number of hydrogen-bond acceptors (Lipinski definition) is 7. The Morgan fingerprint density at radius 1 is 1.18 bits per heavy atom. The fraction of sp³-hybridized carbons (Fsp3) is 0.292. The van der Waals surface area contributed by atoms with E-state index in [-0.39, 0.29) is 11.3 Å². The first-order chi connectivity index (χ1) is 16.2. The summed E-state index contributed by atoms with van der Waals surface area (Å²) < 4.78 is 28.5. The Hall–Kier alpha value is -3.34. The largest absolute Gasteiger partial charge is 0.449 e. The lowest BCUT2D eigenvalue weighted by Gasteiger charge is -2.27. The van der Waals surface area contributed by atoms with Crippen molar-refractivity contribution in [1.82, 2.24) is 9.88 Å². The fourth-order valence-corrected chi connectivity index (χ4v) is 4.53. The van der Waals surface area contributed by atoms with E-state index in [0.29, 0.717) is 28.7 Å². The third-order valence-corrected chi connectivity index (χ3v) is 6.73. The van der Waals surface area contributed by atoms with E-state index in [0.717, 1.165) is 24.2 Å². The lowest BCUT2D eigenvalue weighted by molar-refractivity contribution is -0.124. The number of sulfonamides is 1. The molecular formula is C24H26N4O5S. The van der Waals surface area contributed by atoms with Crippen LogP contribution < -0.4 is 10.5 Å². The first kappa shape index (κ1) is 23.8. The summed E-state index contributed by atoms with van der Waals surface area (Å²) in [6, 6.07) is 12.9. The van der Waals surface area contributed by atoms with Gasteiger partial charge in [0, 0.05) is 41.8 Å². The van der Waals surface area contributed by atoms with Gasteiger partial charge >= 0.3 is 5.97 Å². The van der Waals surface area contributed by atoms with E-state index in [1.54, 1.807) is 6.92 Å². The summed E-state index contributed by atoms with van der Waals surface area (Å²) in [4.78, 5) is 33.0. The number of pyridine rings is 1. The summed E-state index contributed by atoms with van der Waals surface area (Å²) in [5, 5.41) is 8.46. The van der Waals surface area contributed by atoms with Crippen LogP contribution >= 0.6 is 0 Å². The number of anilines is 1. The van der Waals surface area contributed by atoms with Gasteiger partial charge in [0.2, 0.25) is 10.0 Å². The molecule has 1 unspecified atom stereocenters. The summed E-state index contributed by atoms with van der Waals surface area (Å²) in [5.74, 6) is -1.08. The molecule has 0 spiro atoms. The Kier molecular flexibility index (Phi) is 6.65. The Morgan fingerprint density at radius 3 is 2.56 bits per heavy atom. The molecule has 0 saturated carbocycles. The molecule has 1 amide bonds. The van der Waals surface area contributed by atoms with Crippen LogP contribution in [0.2, 0.25) is 0 Å². The van der Waals surface area contributed by atoms with Crippen molar-refractivity contribution in [1.29, 1.82) is 0 Å². The maximum atomic E-state index is 13.4. The van der Waals surface area contributed by atoms with E-state index < -0.39 is 28.0 Å². The zero-order valence-electron chi connectivity index (χ0n) is 18.9. The smallest absolute Gasteiger partial charge is 0.340 e. The van der Waals surface area contributed by atoms with Crippen molar-refractivity contribution in [3.8, 4) is 0 Å². The van der Waals surface area contributed by atoms with Gasteiger partial charge in [-0.1, -0.05) is 25.1 Å². The van der Waals surface area contributed by atoms with Crippen LogP contribution in [0.3, 0.4) is 0 Å². The van der Waals surface area contributed by atoms with Gasteiger partial charge in [-0.15, -0.1) is 0 Å². The van der Waals surface area contributed by atoms with Gasteiger partial charge in [-0.3, -0.25) is 9.78 Å². The van der Waals surface area contributed by atoms with Crippen molar-refractivity contribution in [2.45, 2.75) is 37.3 Å². The third-order valence-electron chi connectivity index (χ3n) is 5.80. The van der Waals surface area contributed by atoms with Gasteiger partial charge in [-0.05, 0) is 43.8 Å². The molecule has 178 valence electrons. The molecule has 3 aromatic rings. The molecule has 1 aromatic heterocycles. The van der Waals surface area contributed by atoms with Crippen LogP contribution in [0.1, 0.15) is 35.0 Å². The molecule has 34 heavy (non-hydrogen) atoms. The minimum absolute atomic E-state index is 0.0664. The number of primary sulfonamides is 1. The zero-order chi connectivity index (χ0) is 24.5. The SMILES string of the molecule is CCC(OC(=O)c1c2c(nc3ccccc13)CCN(C)C2)C(=O)Nc1ccc(S(N)(=O)=O)cc1. The minimum Gasteiger partial charge on any atom is -0.449 e. The summed E-state index contributed by atoms with van der Waals surface area (Å²) in [5.41, 5.74) is 3.21. The normalized spacial score (nSPS) is 14.9. The van der Waals surface area contributed by atoms with Crippen LogP contribution in [0.5, 0.6) is 0 Å². The number of carbonyl (C=O) groups excluding carboxylic acids is 2. The number of amides is 1. The number of rotatable bonds is 6. The fourth-order valence-electron chi connectivity index (χ4n) is 4.02. The number of esters is 1. The standard InChI is InChI=1S/C24H26N4O5S/c1-3-21(23(29)26-15-8-10-16(11-9-15)34(25,31)32)33-24(30)22-17-6-4-5-7-19(17)27-20-12-13-28(2)14-18(20)22/h4-11,21H,3,12-14H2,1-2H3,(H,26,29)(H2,25,31,32). The molecule has 9 nitrogen and oxygen atoms in total. The highest BCUT2D eigenvalue weighted by Gasteiger charge is 2.29. The topological polar surface area (TPSA) is 132 Å². The second-order valence-electron chi connectivity index (χ2n) is 8.28. The Morgan fingerprint density at radius 2 is 1.88 bits per heavy atom. The van der Waals surface area contributed by atoms with Crippen LogP contribution in [0.4, 0.5) is 5.69 Å². The molecule has 0 saturated heterocycles. The number of nitrogens with two attached hydrogens (primary N) is 1. The number of nitrogens with one attached hydrogen (secondary N) is 1. The van der Waals surface area contributed by atoms with Crippen molar-refractivity contribution in [3.63, 3.8) is 0 Å². The number of ether oxygens (including phenoxy) is 1. The highest BCUT2D eigenvalue weighted by Crippen LogP contribution is 2.29. The maximum Gasteiger partial charge on any atom is 0.340 e. The van der Waals surface area contributed by atoms with E-state index >= 15 is 0 Å². The number of likely N-dealkylation sites (N-methyl/N-ethyl adjacent to an activating group) is 1. The number of benzene rings is 2. The molecular weight excluding hydrogens is 456 g/mol. The number of aromatic nitrogens is 1. The molecule has 4 rings (SSSR count).